The van der Waals surface area contributed by atoms with Gasteiger partial charge in [0, 0.05) is 18.8 Å². The first kappa shape index (κ1) is 8.59. The summed E-state index contributed by atoms with van der Waals surface area (Å²) in [5.74, 6) is 1.41. The van der Waals surface area contributed by atoms with Crippen LogP contribution in [0.3, 0.4) is 0 Å². The predicted octanol–water partition coefficient (Wildman–Crippen LogP) is 1.68. The van der Waals surface area contributed by atoms with Gasteiger partial charge in [-0.15, -0.1) is 0 Å². The van der Waals surface area contributed by atoms with Gasteiger partial charge in [-0.3, -0.25) is 0 Å². The van der Waals surface area contributed by atoms with Crippen molar-refractivity contribution in [3.63, 3.8) is 0 Å². The second kappa shape index (κ2) is 3.26. The Hall–Kier alpha value is -1.51. The third-order valence-corrected chi connectivity index (χ3v) is 1.57. The normalized spacial score (nSPS) is 11.7. The van der Waals surface area contributed by atoms with Crippen LogP contribution in [0.25, 0.3) is 6.08 Å². The molecule has 0 spiro atoms. The second-order valence-electron chi connectivity index (χ2n) is 2.66. The predicted molar refractivity (Wildman–Crippen MR) is 52.5 cm³/mol. The summed E-state index contributed by atoms with van der Waals surface area (Å²) in [6.07, 6.45) is 3.70. The number of nitrogens with two attached hydrogens (primary N) is 1. The van der Waals surface area contributed by atoms with Crippen LogP contribution in [0, 0.1) is 0 Å². The highest BCUT2D eigenvalue weighted by Crippen LogP contribution is 2.20. The summed E-state index contributed by atoms with van der Waals surface area (Å²) >= 11 is 0. The summed E-state index contributed by atoms with van der Waals surface area (Å²) in [6.45, 7) is 5.45. The highest BCUT2D eigenvalue weighted by Gasteiger charge is 2.01. The molecule has 0 aliphatic heterocycles. The highest BCUT2D eigenvalue weighted by atomic mass is 15.1. The Balaban J connectivity index is 3.19. The van der Waals surface area contributed by atoms with Gasteiger partial charge in [-0.05, 0) is 13.0 Å². The van der Waals surface area contributed by atoms with Crippen LogP contribution < -0.4 is 5.73 Å². The fourth-order valence-corrected chi connectivity index (χ4v) is 1.01. The zero-order valence-electron chi connectivity index (χ0n) is 7.41. The van der Waals surface area contributed by atoms with Gasteiger partial charge in [0.1, 0.15) is 5.82 Å². The number of rotatable bonds is 2. The van der Waals surface area contributed by atoms with Crippen LogP contribution in [-0.4, -0.2) is 10.4 Å². The molecule has 1 aromatic rings. The van der Waals surface area contributed by atoms with Crippen LogP contribution in [0.1, 0.15) is 12.5 Å². The zero-order valence-corrected chi connectivity index (χ0v) is 7.41. The molecular formula is C9H13N3. The van der Waals surface area contributed by atoms with E-state index < -0.39 is 0 Å². The molecule has 12 heavy (non-hydrogen) atoms. The van der Waals surface area contributed by atoms with E-state index in [2.05, 4.69) is 11.6 Å². The van der Waals surface area contributed by atoms with Crippen molar-refractivity contribution < 1.29 is 0 Å². The van der Waals surface area contributed by atoms with Crippen LogP contribution in [0.2, 0.25) is 0 Å². The standard InChI is InChI=1S/C9H13N3/c1-4-8-5-6-12(3)9(8)11-7(2)10/h4-6H,1H2,2-3H3,(H2,10,11). The average Bonchev–Trinajstić information content (AvgIpc) is 2.32. The van der Waals surface area contributed by atoms with Gasteiger partial charge < -0.3 is 10.3 Å². The topological polar surface area (TPSA) is 43.3 Å². The summed E-state index contributed by atoms with van der Waals surface area (Å²) in [5.41, 5.74) is 6.48. The summed E-state index contributed by atoms with van der Waals surface area (Å²) < 4.78 is 1.91. The molecule has 0 fully saturated rings. The average molecular weight is 163 g/mol. The smallest absolute Gasteiger partial charge is 0.141 e. The van der Waals surface area contributed by atoms with Gasteiger partial charge >= 0.3 is 0 Å². The van der Waals surface area contributed by atoms with E-state index in [1.165, 1.54) is 0 Å². The lowest BCUT2D eigenvalue weighted by Crippen LogP contribution is -2.04. The minimum absolute atomic E-state index is 0.555. The van der Waals surface area contributed by atoms with Gasteiger partial charge in [0.2, 0.25) is 0 Å². The Morgan fingerprint density at radius 1 is 1.75 bits per heavy atom. The number of hydrogen-bond acceptors (Lipinski definition) is 1. The molecule has 0 aliphatic carbocycles. The van der Waals surface area contributed by atoms with Crippen LogP contribution >= 0.6 is 0 Å². The molecule has 3 nitrogen and oxygen atoms in total. The molecule has 3 heteroatoms. The van der Waals surface area contributed by atoms with Crippen molar-refractivity contribution in [2.24, 2.45) is 17.8 Å². The van der Waals surface area contributed by atoms with Crippen molar-refractivity contribution in [1.29, 1.82) is 0 Å². The van der Waals surface area contributed by atoms with Crippen molar-refractivity contribution in [3.8, 4) is 0 Å². The van der Waals surface area contributed by atoms with Crippen molar-refractivity contribution >= 4 is 17.7 Å². The fourth-order valence-electron chi connectivity index (χ4n) is 1.01. The molecule has 1 heterocycles. The Kier molecular flexibility index (Phi) is 2.33. The summed E-state index contributed by atoms with van der Waals surface area (Å²) in [5, 5.41) is 0. The number of hydrogen-bond donors (Lipinski definition) is 1. The van der Waals surface area contributed by atoms with E-state index in [4.69, 9.17) is 5.73 Å². The quantitative estimate of drug-likeness (QED) is 0.523. The van der Waals surface area contributed by atoms with Crippen molar-refractivity contribution in [3.05, 3.63) is 24.4 Å². The first-order valence-electron chi connectivity index (χ1n) is 3.73. The molecule has 64 valence electrons. The fraction of sp³-hybridized carbons (Fsp3) is 0.222. The molecule has 0 aromatic carbocycles. The van der Waals surface area contributed by atoms with E-state index in [0.717, 1.165) is 11.4 Å². The van der Waals surface area contributed by atoms with Crippen LogP contribution in [0.4, 0.5) is 5.82 Å². The van der Waals surface area contributed by atoms with E-state index in [1.54, 1.807) is 13.0 Å². The molecule has 1 aromatic heterocycles. The van der Waals surface area contributed by atoms with Gasteiger partial charge in [0.25, 0.3) is 0 Å². The zero-order chi connectivity index (χ0) is 9.14. The van der Waals surface area contributed by atoms with E-state index in [0.29, 0.717) is 5.84 Å². The second-order valence-corrected chi connectivity index (χ2v) is 2.66. The Morgan fingerprint density at radius 2 is 2.42 bits per heavy atom. The molecular weight excluding hydrogens is 150 g/mol. The number of aromatic nitrogens is 1. The molecule has 0 saturated carbocycles. The van der Waals surface area contributed by atoms with Gasteiger partial charge in [-0.25, -0.2) is 4.99 Å². The first-order valence-corrected chi connectivity index (χ1v) is 3.73. The Morgan fingerprint density at radius 3 is 2.92 bits per heavy atom. The maximum Gasteiger partial charge on any atom is 0.141 e. The summed E-state index contributed by atoms with van der Waals surface area (Å²) in [6, 6.07) is 1.95. The number of aliphatic imine (C=N–C) groups is 1. The molecule has 0 unspecified atom stereocenters. The minimum atomic E-state index is 0.555. The third-order valence-electron chi connectivity index (χ3n) is 1.57. The number of aryl methyl sites for hydroxylation is 1. The van der Waals surface area contributed by atoms with Crippen LogP contribution in [0.5, 0.6) is 0 Å². The van der Waals surface area contributed by atoms with Crippen molar-refractivity contribution in [1.82, 2.24) is 4.57 Å². The number of amidine groups is 1. The van der Waals surface area contributed by atoms with E-state index >= 15 is 0 Å². The Labute approximate surface area is 72.2 Å². The molecule has 0 saturated heterocycles. The van der Waals surface area contributed by atoms with Gasteiger partial charge in [0.05, 0.1) is 5.84 Å². The third kappa shape index (κ3) is 1.56. The summed E-state index contributed by atoms with van der Waals surface area (Å²) in [4.78, 5) is 4.18. The highest BCUT2D eigenvalue weighted by molar-refractivity contribution is 5.81. The van der Waals surface area contributed by atoms with Gasteiger partial charge in [0.15, 0.2) is 0 Å². The SMILES string of the molecule is C=Cc1ccn(C)c1/N=C(/C)N. The maximum atomic E-state index is 5.48. The van der Waals surface area contributed by atoms with Gasteiger partial charge in [-0.1, -0.05) is 12.7 Å². The molecule has 0 bridgehead atoms. The molecule has 2 N–H and O–H groups in total. The molecule has 0 aliphatic rings. The molecule has 0 radical (unpaired) electrons. The van der Waals surface area contributed by atoms with Crippen LogP contribution in [-0.2, 0) is 7.05 Å². The lowest BCUT2D eigenvalue weighted by Gasteiger charge is -1.98. The largest absolute Gasteiger partial charge is 0.387 e. The number of nitrogens with zero attached hydrogens (tertiary/aromatic N) is 2. The molecule has 0 amide bonds. The maximum absolute atomic E-state index is 5.48. The van der Waals surface area contributed by atoms with E-state index in [-0.39, 0.29) is 0 Å². The van der Waals surface area contributed by atoms with Crippen molar-refractivity contribution in [2.75, 3.05) is 0 Å². The minimum Gasteiger partial charge on any atom is -0.387 e. The first-order chi connectivity index (χ1) is 5.65. The van der Waals surface area contributed by atoms with Gasteiger partial charge in [-0.2, -0.15) is 0 Å². The van der Waals surface area contributed by atoms with E-state index in [9.17, 15) is 0 Å². The van der Waals surface area contributed by atoms with Crippen molar-refractivity contribution in [2.45, 2.75) is 6.92 Å². The van der Waals surface area contributed by atoms with Crippen LogP contribution in [0.15, 0.2) is 23.8 Å². The molecule has 0 atom stereocenters. The lowest BCUT2D eigenvalue weighted by molar-refractivity contribution is 0.924. The summed E-state index contributed by atoms with van der Waals surface area (Å²) in [7, 11) is 1.93. The Bertz CT molecular complexity index is 317. The van der Waals surface area contributed by atoms with E-state index in [1.807, 2.05) is 23.9 Å². The molecule has 1 rings (SSSR count). The monoisotopic (exact) mass is 163 g/mol. The lowest BCUT2D eigenvalue weighted by atomic mass is 10.3.